The quantitative estimate of drug-likeness (QED) is 0.500. The number of aromatic amines is 2. The minimum atomic E-state index is -0.603. The second-order valence-electron chi connectivity index (χ2n) is 6.07. The molecule has 0 bridgehead atoms. The molecule has 0 fully saturated rings. The average molecular weight is 378 g/mol. The second kappa shape index (κ2) is 7.03. The number of rotatable bonds is 4. The van der Waals surface area contributed by atoms with Crippen LogP contribution in [0.15, 0.2) is 36.7 Å². The first-order valence-electron chi connectivity index (χ1n) is 8.49. The number of aryl methyl sites for hydroxylation is 1. The number of fused-ring (bicyclic) bond motifs is 1. The van der Waals surface area contributed by atoms with Gasteiger partial charge in [0.2, 0.25) is 5.95 Å². The van der Waals surface area contributed by atoms with Crippen LogP contribution in [-0.2, 0) is 4.74 Å². The Hall–Kier alpha value is -3.88. The first-order chi connectivity index (χ1) is 13.6. The molecule has 0 saturated carbocycles. The fourth-order valence-electron chi connectivity index (χ4n) is 2.97. The number of hydrogen-bond donors (Lipinski definition) is 3. The molecule has 9 heteroatoms. The summed E-state index contributed by atoms with van der Waals surface area (Å²) in [5.41, 5.74) is 4.79. The van der Waals surface area contributed by atoms with Crippen molar-refractivity contribution in [1.82, 2.24) is 24.9 Å². The third-order valence-corrected chi connectivity index (χ3v) is 4.28. The predicted octanol–water partition coefficient (Wildman–Crippen LogP) is 3.51. The lowest BCUT2D eigenvalue weighted by atomic mass is 10.1. The lowest BCUT2D eigenvalue weighted by Crippen LogP contribution is -2.11. The number of H-pyrrole nitrogens is 2. The molecule has 0 aliphatic rings. The maximum absolute atomic E-state index is 11.4. The fraction of sp³-hybridized carbons (Fsp3) is 0.158. The van der Waals surface area contributed by atoms with Gasteiger partial charge in [0.05, 0.1) is 36.5 Å². The molecule has 1 aromatic carbocycles. The lowest BCUT2D eigenvalue weighted by Gasteiger charge is -2.06. The molecule has 0 spiro atoms. The number of aromatic nitrogens is 5. The number of ether oxygens (including phenoxy) is 2. The van der Waals surface area contributed by atoms with E-state index >= 15 is 0 Å². The summed E-state index contributed by atoms with van der Waals surface area (Å²) < 4.78 is 10.1. The largest absolute Gasteiger partial charge is 0.496 e. The summed E-state index contributed by atoms with van der Waals surface area (Å²) in [5.74, 6) is 1.55. The lowest BCUT2D eigenvalue weighted by molar-refractivity contribution is 0.186. The van der Waals surface area contributed by atoms with Gasteiger partial charge < -0.3 is 19.4 Å². The van der Waals surface area contributed by atoms with Crippen LogP contribution in [0.2, 0.25) is 0 Å². The van der Waals surface area contributed by atoms with Crippen molar-refractivity contribution in [3.8, 4) is 28.4 Å². The van der Waals surface area contributed by atoms with Crippen LogP contribution >= 0.6 is 0 Å². The molecule has 142 valence electrons. The Morgan fingerprint density at radius 3 is 2.75 bits per heavy atom. The van der Waals surface area contributed by atoms with Gasteiger partial charge in [0, 0.05) is 29.7 Å². The summed E-state index contributed by atoms with van der Waals surface area (Å²) in [4.78, 5) is 31.0. The van der Waals surface area contributed by atoms with Crippen LogP contribution in [0, 0.1) is 6.92 Å². The third kappa shape index (κ3) is 3.13. The molecular weight excluding hydrogens is 360 g/mol. The molecule has 0 atom stereocenters. The number of methoxy groups -OCH3 is 2. The summed E-state index contributed by atoms with van der Waals surface area (Å²) in [5, 5.41) is 2.51. The van der Waals surface area contributed by atoms with E-state index < -0.39 is 6.09 Å². The molecule has 0 radical (unpaired) electrons. The van der Waals surface area contributed by atoms with E-state index in [4.69, 9.17) is 9.72 Å². The third-order valence-electron chi connectivity index (χ3n) is 4.28. The van der Waals surface area contributed by atoms with Crippen LogP contribution in [0.4, 0.5) is 10.7 Å². The van der Waals surface area contributed by atoms with Gasteiger partial charge in [-0.25, -0.2) is 14.8 Å². The van der Waals surface area contributed by atoms with E-state index in [0.29, 0.717) is 17.1 Å². The van der Waals surface area contributed by atoms with E-state index in [-0.39, 0.29) is 5.95 Å². The van der Waals surface area contributed by atoms with Gasteiger partial charge in [0.1, 0.15) is 11.6 Å². The molecule has 3 N–H and O–H groups in total. The summed E-state index contributed by atoms with van der Waals surface area (Å²) in [6, 6.07) is 7.48. The molecular formula is C19H18N6O3. The van der Waals surface area contributed by atoms with Crippen molar-refractivity contribution in [2.24, 2.45) is 0 Å². The summed E-state index contributed by atoms with van der Waals surface area (Å²) in [7, 11) is 2.88. The molecule has 4 aromatic rings. The zero-order chi connectivity index (χ0) is 19.7. The molecule has 0 aliphatic heterocycles. The van der Waals surface area contributed by atoms with Crippen LogP contribution in [0.25, 0.3) is 33.7 Å². The number of benzene rings is 1. The normalized spacial score (nSPS) is 10.8. The molecule has 0 aliphatic carbocycles. The number of pyridine rings is 1. The molecule has 3 aromatic heterocycles. The fourth-order valence-corrected chi connectivity index (χ4v) is 2.97. The predicted molar refractivity (Wildman–Crippen MR) is 104 cm³/mol. The Bertz CT molecular complexity index is 1150. The van der Waals surface area contributed by atoms with Gasteiger partial charge in [-0.1, -0.05) is 0 Å². The van der Waals surface area contributed by atoms with Gasteiger partial charge in [0.25, 0.3) is 0 Å². The van der Waals surface area contributed by atoms with E-state index in [1.807, 2.05) is 25.1 Å². The highest BCUT2D eigenvalue weighted by Crippen LogP contribution is 2.34. The highest BCUT2D eigenvalue weighted by molar-refractivity contribution is 5.89. The SMILES string of the molecule is COC(=O)Nc1nc2cc(OC)c(-c3nc(-c4cccnc4)c(C)[nH]3)cc2[nH]1. The Morgan fingerprint density at radius 1 is 1.18 bits per heavy atom. The Kier molecular flexibility index (Phi) is 4.40. The van der Waals surface area contributed by atoms with Crippen molar-refractivity contribution in [3.63, 3.8) is 0 Å². The number of anilines is 1. The Labute approximate surface area is 160 Å². The van der Waals surface area contributed by atoms with Crippen LogP contribution in [0.3, 0.4) is 0 Å². The smallest absolute Gasteiger partial charge is 0.413 e. The van der Waals surface area contributed by atoms with Gasteiger partial charge in [0.15, 0.2) is 0 Å². The zero-order valence-electron chi connectivity index (χ0n) is 15.5. The molecule has 3 heterocycles. The molecule has 28 heavy (non-hydrogen) atoms. The highest BCUT2D eigenvalue weighted by atomic mass is 16.5. The van der Waals surface area contributed by atoms with Crippen LogP contribution in [0.5, 0.6) is 5.75 Å². The number of hydrogen-bond acceptors (Lipinski definition) is 6. The van der Waals surface area contributed by atoms with E-state index in [0.717, 1.165) is 28.0 Å². The zero-order valence-corrected chi connectivity index (χ0v) is 15.5. The number of nitrogens with one attached hydrogen (secondary N) is 3. The maximum atomic E-state index is 11.4. The standard InChI is InChI=1S/C19H18N6O3/c1-10-16(11-5-4-6-20-9-11)24-17(21-10)12-7-13-14(8-15(12)27-2)23-18(22-13)25-19(26)28-3/h4-9H,1-3H3,(H,21,24)(H2,22,23,25,26). The van der Waals surface area contributed by atoms with Crippen molar-refractivity contribution < 1.29 is 14.3 Å². The number of carbonyl (C=O) groups excluding carboxylic acids is 1. The van der Waals surface area contributed by atoms with Crippen molar-refractivity contribution in [2.75, 3.05) is 19.5 Å². The van der Waals surface area contributed by atoms with E-state index in [9.17, 15) is 4.79 Å². The number of imidazole rings is 2. The van der Waals surface area contributed by atoms with Crippen molar-refractivity contribution in [2.45, 2.75) is 6.92 Å². The van der Waals surface area contributed by atoms with Gasteiger partial charge in [-0.3, -0.25) is 10.3 Å². The van der Waals surface area contributed by atoms with Gasteiger partial charge in [-0.15, -0.1) is 0 Å². The van der Waals surface area contributed by atoms with Crippen molar-refractivity contribution in [1.29, 1.82) is 0 Å². The Morgan fingerprint density at radius 2 is 2.04 bits per heavy atom. The van der Waals surface area contributed by atoms with Crippen molar-refractivity contribution in [3.05, 3.63) is 42.4 Å². The number of nitrogens with zero attached hydrogens (tertiary/aromatic N) is 3. The molecule has 0 unspecified atom stereocenters. The first kappa shape index (κ1) is 17.5. The van der Waals surface area contributed by atoms with Crippen LogP contribution < -0.4 is 10.1 Å². The first-order valence-corrected chi connectivity index (χ1v) is 8.49. The maximum Gasteiger partial charge on any atom is 0.413 e. The molecule has 9 nitrogen and oxygen atoms in total. The van der Waals surface area contributed by atoms with E-state index in [1.165, 1.54) is 7.11 Å². The summed E-state index contributed by atoms with van der Waals surface area (Å²) >= 11 is 0. The average Bonchev–Trinajstić information content (AvgIpc) is 3.29. The molecule has 0 saturated heterocycles. The molecule has 1 amide bonds. The van der Waals surface area contributed by atoms with Gasteiger partial charge >= 0.3 is 6.09 Å². The minimum Gasteiger partial charge on any atom is -0.496 e. The van der Waals surface area contributed by atoms with Gasteiger partial charge in [-0.2, -0.15) is 0 Å². The highest BCUT2D eigenvalue weighted by Gasteiger charge is 2.17. The van der Waals surface area contributed by atoms with Gasteiger partial charge in [-0.05, 0) is 25.1 Å². The number of carbonyl (C=O) groups is 1. The molecule has 4 rings (SSSR count). The van der Waals surface area contributed by atoms with E-state index in [1.54, 1.807) is 25.6 Å². The van der Waals surface area contributed by atoms with E-state index in [2.05, 4.69) is 30.0 Å². The monoisotopic (exact) mass is 378 g/mol. The summed E-state index contributed by atoms with van der Waals surface area (Å²) in [6.07, 6.45) is 2.89. The Balaban J connectivity index is 1.79. The van der Waals surface area contributed by atoms with Crippen LogP contribution in [0.1, 0.15) is 5.69 Å². The minimum absolute atomic E-state index is 0.285. The topological polar surface area (TPSA) is 118 Å². The number of amides is 1. The summed E-state index contributed by atoms with van der Waals surface area (Å²) in [6.45, 7) is 1.96. The van der Waals surface area contributed by atoms with Crippen molar-refractivity contribution >= 4 is 23.1 Å². The second-order valence-corrected chi connectivity index (χ2v) is 6.07. The van der Waals surface area contributed by atoms with Crippen LogP contribution in [-0.4, -0.2) is 45.2 Å².